The number of para-hydroxylation sites is 1. The number of H-pyrrole nitrogens is 1. The first kappa shape index (κ1) is 25.7. The molecule has 0 unspecified atom stereocenters. The highest BCUT2D eigenvalue weighted by molar-refractivity contribution is 8.01. The maximum absolute atomic E-state index is 13.0. The molecule has 1 aromatic carbocycles. The van der Waals surface area contributed by atoms with Crippen molar-refractivity contribution in [2.75, 3.05) is 24.3 Å². The van der Waals surface area contributed by atoms with Crippen LogP contribution in [0.4, 0.5) is 5.13 Å². The second kappa shape index (κ2) is 10.5. The van der Waals surface area contributed by atoms with Gasteiger partial charge in [0.2, 0.25) is 0 Å². The fraction of sp³-hybridized carbons (Fsp3) is 0.227. The van der Waals surface area contributed by atoms with E-state index in [0.29, 0.717) is 27.4 Å². The monoisotopic (exact) mass is 573 g/mol. The third-order valence-corrected chi connectivity index (χ3v) is 8.65. The number of hydrogen-bond donors (Lipinski definition) is 4. The van der Waals surface area contributed by atoms with Crippen LogP contribution in [-0.4, -0.2) is 78.5 Å². The van der Waals surface area contributed by atoms with Gasteiger partial charge in [0.15, 0.2) is 16.0 Å². The van der Waals surface area contributed by atoms with E-state index in [4.69, 9.17) is 10.6 Å². The normalized spacial score (nSPS) is 19.2. The number of rotatable bonds is 8. The van der Waals surface area contributed by atoms with Crippen LogP contribution >= 0.6 is 34.9 Å². The Bertz CT molecular complexity index is 1580. The Labute approximate surface area is 226 Å². The zero-order valence-corrected chi connectivity index (χ0v) is 22.0. The molecule has 2 aliphatic rings. The number of benzene rings is 1. The molecule has 16 heteroatoms. The first-order chi connectivity index (χ1) is 18.3. The summed E-state index contributed by atoms with van der Waals surface area (Å²) in [6, 6.07) is 5.93. The van der Waals surface area contributed by atoms with E-state index in [1.54, 1.807) is 24.3 Å². The Hall–Kier alpha value is -3.89. The molecule has 2 amide bonds. The average Bonchev–Trinajstić information content (AvgIpc) is 3.33. The number of nitrogens with zero attached hydrogens (tertiary/aromatic N) is 4. The van der Waals surface area contributed by atoms with Gasteiger partial charge in [-0.05, 0) is 17.7 Å². The predicted octanol–water partition coefficient (Wildman–Crippen LogP) is 0.843. The molecule has 4 heterocycles. The maximum Gasteiger partial charge on any atom is 0.352 e. The molecule has 0 bridgehead atoms. The highest BCUT2D eigenvalue weighted by atomic mass is 32.2. The number of anilines is 1. The van der Waals surface area contributed by atoms with Crippen molar-refractivity contribution in [1.82, 2.24) is 25.2 Å². The number of aromatic nitrogens is 3. The quantitative estimate of drug-likeness (QED) is 0.0981. The number of oxime groups is 1. The average molecular weight is 574 g/mol. The minimum Gasteiger partial charge on any atom is -0.477 e. The van der Waals surface area contributed by atoms with Gasteiger partial charge in [0.1, 0.15) is 29.9 Å². The minimum absolute atomic E-state index is 0.141. The van der Waals surface area contributed by atoms with E-state index in [-0.39, 0.29) is 33.5 Å². The molecule has 5 N–H and O–H groups in total. The summed E-state index contributed by atoms with van der Waals surface area (Å²) in [7, 11) is 1.27. The van der Waals surface area contributed by atoms with E-state index in [0.717, 1.165) is 11.3 Å². The molecule has 0 radical (unpaired) electrons. The van der Waals surface area contributed by atoms with Gasteiger partial charge in [0.25, 0.3) is 17.4 Å². The Morgan fingerprint density at radius 3 is 2.84 bits per heavy atom. The molecule has 3 aromatic rings. The zero-order chi connectivity index (χ0) is 27.0. The van der Waals surface area contributed by atoms with Crippen LogP contribution in [0, 0.1) is 0 Å². The van der Waals surface area contributed by atoms with Crippen molar-refractivity contribution in [3.8, 4) is 0 Å². The second-order valence-corrected chi connectivity index (χ2v) is 10.9. The van der Waals surface area contributed by atoms with Crippen molar-refractivity contribution >= 4 is 74.4 Å². The lowest BCUT2D eigenvalue weighted by molar-refractivity contribution is -0.150. The molecule has 0 spiro atoms. The van der Waals surface area contributed by atoms with Gasteiger partial charge in [-0.1, -0.05) is 29.1 Å². The predicted molar refractivity (Wildman–Crippen MR) is 143 cm³/mol. The molecule has 2 aliphatic heterocycles. The Balaban J connectivity index is 1.32. The first-order valence-electron chi connectivity index (χ1n) is 10.9. The van der Waals surface area contributed by atoms with Gasteiger partial charge >= 0.3 is 5.97 Å². The summed E-state index contributed by atoms with van der Waals surface area (Å²) in [6.45, 7) is 0. The van der Waals surface area contributed by atoms with Gasteiger partial charge < -0.3 is 26.0 Å². The van der Waals surface area contributed by atoms with Crippen LogP contribution in [0.3, 0.4) is 0 Å². The minimum atomic E-state index is -1.26. The van der Waals surface area contributed by atoms with E-state index < -0.39 is 29.2 Å². The number of carbonyl (C=O) groups is 3. The van der Waals surface area contributed by atoms with Gasteiger partial charge in [-0.25, -0.2) is 14.8 Å². The molecule has 196 valence electrons. The van der Waals surface area contributed by atoms with Crippen LogP contribution < -0.4 is 16.6 Å². The maximum atomic E-state index is 13.0. The number of β-lactam (4-membered cyclic amide) rings is 1. The Kier molecular flexibility index (Phi) is 7.09. The number of thiazole rings is 1. The molecule has 2 aromatic heterocycles. The van der Waals surface area contributed by atoms with E-state index >= 15 is 0 Å². The number of carboxylic acid groups (broad SMARTS) is 1. The van der Waals surface area contributed by atoms with E-state index in [1.807, 2.05) is 0 Å². The molecule has 38 heavy (non-hydrogen) atoms. The number of amides is 2. The first-order valence-corrected chi connectivity index (χ1v) is 13.8. The van der Waals surface area contributed by atoms with Crippen LogP contribution in [0.25, 0.3) is 10.9 Å². The van der Waals surface area contributed by atoms with Gasteiger partial charge in [-0.3, -0.25) is 19.3 Å². The summed E-state index contributed by atoms with van der Waals surface area (Å²) in [4.78, 5) is 67.5. The number of thioether (sulfide) groups is 2. The number of nitrogen functional groups attached to an aromatic ring is 1. The molecule has 0 saturated carbocycles. The lowest BCUT2D eigenvalue weighted by Gasteiger charge is -2.49. The number of hydrogen-bond acceptors (Lipinski definition) is 12. The standard InChI is InChI=1S/C22H19N7O6S3/c1-35-28-13(12-8-37-21(23)24-12)17(31)26-14-18(32)29-15(20(33)34)9(6-36-19(14)29)7-38-22-25-11-5-3-2-4-10(11)16(30)27-22/h2-5,8,14,19H,6-7H2,1H3,(H2,23,24)(H,26,31)(H,33,34)(H,25,27,30)/b28-13-/t14-,19-/m1/s1. The molecule has 1 fully saturated rings. The van der Waals surface area contributed by atoms with E-state index in [2.05, 4.69) is 25.4 Å². The summed E-state index contributed by atoms with van der Waals surface area (Å²) in [5, 5.41) is 18.2. The van der Waals surface area contributed by atoms with Crippen LogP contribution in [0.15, 0.2) is 56.0 Å². The van der Waals surface area contributed by atoms with Crippen molar-refractivity contribution in [3.63, 3.8) is 0 Å². The van der Waals surface area contributed by atoms with E-state index in [1.165, 1.54) is 40.9 Å². The van der Waals surface area contributed by atoms with Crippen LogP contribution in [-0.2, 0) is 19.2 Å². The van der Waals surface area contributed by atoms with Gasteiger partial charge in [0.05, 0.1) is 10.9 Å². The van der Waals surface area contributed by atoms with Crippen LogP contribution in [0.5, 0.6) is 0 Å². The summed E-state index contributed by atoms with van der Waals surface area (Å²) in [5.41, 5.74) is 6.27. The smallest absolute Gasteiger partial charge is 0.352 e. The number of nitrogens with two attached hydrogens (primary N) is 1. The fourth-order valence-corrected chi connectivity index (χ4v) is 6.89. The molecule has 5 rings (SSSR count). The van der Waals surface area contributed by atoms with Gasteiger partial charge in [0, 0.05) is 16.9 Å². The Morgan fingerprint density at radius 1 is 1.34 bits per heavy atom. The molecule has 2 atom stereocenters. The molecule has 1 saturated heterocycles. The molecule has 0 aliphatic carbocycles. The van der Waals surface area contributed by atoms with Gasteiger partial charge in [-0.15, -0.1) is 23.1 Å². The summed E-state index contributed by atoms with van der Waals surface area (Å²) in [5.74, 6) is -2.04. The summed E-state index contributed by atoms with van der Waals surface area (Å²) >= 11 is 3.61. The number of aromatic amines is 1. The Morgan fingerprint density at radius 2 is 2.13 bits per heavy atom. The number of carbonyl (C=O) groups excluding carboxylic acids is 2. The summed E-state index contributed by atoms with van der Waals surface area (Å²) in [6.07, 6.45) is 0. The topological polar surface area (TPSA) is 193 Å². The van der Waals surface area contributed by atoms with Crippen molar-refractivity contribution in [1.29, 1.82) is 0 Å². The second-order valence-electron chi connectivity index (χ2n) is 7.99. The fourth-order valence-electron chi connectivity index (χ4n) is 3.98. The third-order valence-electron chi connectivity index (χ3n) is 5.67. The third kappa shape index (κ3) is 4.72. The highest BCUT2D eigenvalue weighted by Gasteiger charge is 2.54. The lowest BCUT2D eigenvalue weighted by Crippen LogP contribution is -2.71. The van der Waals surface area contributed by atoms with Gasteiger partial charge in [-0.2, -0.15) is 0 Å². The molecular formula is C22H19N7O6S3. The van der Waals surface area contributed by atoms with Crippen molar-refractivity contribution in [3.05, 3.63) is 57.0 Å². The highest BCUT2D eigenvalue weighted by Crippen LogP contribution is 2.41. The zero-order valence-electron chi connectivity index (χ0n) is 19.5. The number of nitrogens with one attached hydrogen (secondary N) is 2. The number of aliphatic carboxylic acids is 1. The SMILES string of the molecule is CO/N=C(\C(=O)N[C@@H]1C(=O)N2C(C(=O)O)=C(CSc3nc4ccccc4c(=O)[nH]3)CS[C@H]12)c1csc(N)n1. The molecule has 13 nitrogen and oxygen atoms in total. The van der Waals surface area contributed by atoms with Crippen LogP contribution in [0.2, 0.25) is 0 Å². The lowest BCUT2D eigenvalue weighted by atomic mass is 10.0. The number of fused-ring (bicyclic) bond motifs is 2. The van der Waals surface area contributed by atoms with E-state index in [9.17, 15) is 24.3 Å². The number of carboxylic acids is 1. The van der Waals surface area contributed by atoms with Crippen molar-refractivity contribution < 1.29 is 24.3 Å². The largest absolute Gasteiger partial charge is 0.477 e. The van der Waals surface area contributed by atoms with Crippen molar-refractivity contribution in [2.24, 2.45) is 5.16 Å². The van der Waals surface area contributed by atoms with Crippen molar-refractivity contribution in [2.45, 2.75) is 16.6 Å². The molecular weight excluding hydrogens is 554 g/mol. The summed E-state index contributed by atoms with van der Waals surface area (Å²) < 4.78 is 0. The van der Waals surface area contributed by atoms with Crippen LogP contribution in [0.1, 0.15) is 5.69 Å².